The van der Waals surface area contributed by atoms with E-state index < -0.39 is 0 Å². The van der Waals surface area contributed by atoms with E-state index in [0.717, 1.165) is 35.8 Å². The Labute approximate surface area is 170 Å². The van der Waals surface area contributed by atoms with Crippen LogP contribution in [-0.2, 0) is 6.54 Å². The molecule has 2 N–H and O–H groups in total. The summed E-state index contributed by atoms with van der Waals surface area (Å²) in [7, 11) is 0. The molecular formula is C23H25N3OS. The van der Waals surface area contributed by atoms with Crippen LogP contribution < -0.4 is 10.2 Å². The molecule has 0 radical (unpaired) electrons. The van der Waals surface area contributed by atoms with Gasteiger partial charge in [0.15, 0.2) is 5.13 Å². The fourth-order valence-electron chi connectivity index (χ4n) is 3.50. The number of anilines is 1. The normalized spacial score (nSPS) is 16.8. The zero-order valence-electron chi connectivity index (χ0n) is 15.9. The van der Waals surface area contributed by atoms with Crippen molar-refractivity contribution in [3.8, 4) is 11.8 Å². The van der Waals surface area contributed by atoms with E-state index in [4.69, 9.17) is 10.1 Å². The van der Waals surface area contributed by atoms with Gasteiger partial charge in [-0.3, -0.25) is 0 Å². The minimum Gasteiger partial charge on any atom is -0.395 e. The number of thiazole rings is 1. The van der Waals surface area contributed by atoms with Crippen LogP contribution in [0.4, 0.5) is 5.13 Å². The van der Waals surface area contributed by atoms with Gasteiger partial charge in [-0.1, -0.05) is 47.4 Å². The first-order valence-electron chi connectivity index (χ1n) is 9.84. The predicted octanol–water partition coefficient (Wildman–Crippen LogP) is 3.79. The first kappa shape index (κ1) is 18.9. The number of nitrogens with zero attached hydrogens (tertiary/aromatic N) is 2. The Morgan fingerprint density at radius 1 is 1.18 bits per heavy atom. The lowest BCUT2D eigenvalue weighted by Crippen LogP contribution is -2.45. The standard InChI is InChI=1S/C23H25N3OS/c27-15-4-3-6-18-10-12-19(13-11-18)16-24-20-7-5-14-26(17-20)23-25-21-8-1-2-9-22(21)28-23/h1-2,8-13,20,24,27H,4-5,7,14-17H2. The van der Waals surface area contributed by atoms with Crippen molar-refractivity contribution in [1.29, 1.82) is 0 Å². The number of aliphatic hydroxyl groups excluding tert-OH is 1. The quantitative estimate of drug-likeness (QED) is 0.650. The molecule has 3 aromatic rings. The fourth-order valence-corrected chi connectivity index (χ4v) is 4.50. The van der Waals surface area contributed by atoms with E-state index in [1.54, 1.807) is 11.3 Å². The van der Waals surface area contributed by atoms with Crippen molar-refractivity contribution in [3.05, 3.63) is 59.7 Å². The minimum atomic E-state index is 0.116. The fraction of sp³-hybridized carbons (Fsp3) is 0.348. The Bertz CT molecular complexity index is 938. The van der Waals surface area contributed by atoms with Crippen LogP contribution in [0.1, 0.15) is 30.4 Å². The minimum absolute atomic E-state index is 0.116. The van der Waals surface area contributed by atoms with Crippen molar-refractivity contribution in [3.63, 3.8) is 0 Å². The Hall–Kier alpha value is -2.39. The topological polar surface area (TPSA) is 48.4 Å². The molecule has 4 rings (SSSR count). The molecule has 1 aromatic heterocycles. The third kappa shape index (κ3) is 4.71. The van der Waals surface area contributed by atoms with Crippen LogP contribution in [0.3, 0.4) is 0 Å². The lowest BCUT2D eigenvalue weighted by Gasteiger charge is -2.33. The largest absolute Gasteiger partial charge is 0.395 e. The summed E-state index contributed by atoms with van der Waals surface area (Å²) in [4.78, 5) is 7.24. The first-order valence-corrected chi connectivity index (χ1v) is 10.7. The van der Waals surface area contributed by atoms with Crippen LogP contribution in [0.2, 0.25) is 0 Å². The maximum Gasteiger partial charge on any atom is 0.186 e. The third-order valence-electron chi connectivity index (χ3n) is 4.99. The van der Waals surface area contributed by atoms with E-state index in [-0.39, 0.29) is 6.61 Å². The summed E-state index contributed by atoms with van der Waals surface area (Å²) in [6.07, 6.45) is 2.91. The average molecular weight is 392 g/mol. The van der Waals surface area contributed by atoms with Gasteiger partial charge < -0.3 is 15.3 Å². The molecule has 1 atom stereocenters. The van der Waals surface area contributed by atoms with Crippen molar-refractivity contribution in [1.82, 2.24) is 10.3 Å². The predicted molar refractivity (Wildman–Crippen MR) is 117 cm³/mol. The van der Waals surface area contributed by atoms with Crippen LogP contribution >= 0.6 is 11.3 Å². The Balaban J connectivity index is 1.33. The van der Waals surface area contributed by atoms with Gasteiger partial charge in [0.2, 0.25) is 0 Å². The van der Waals surface area contributed by atoms with Crippen molar-refractivity contribution in [2.24, 2.45) is 0 Å². The molecule has 2 aromatic carbocycles. The molecular weight excluding hydrogens is 366 g/mol. The highest BCUT2D eigenvalue weighted by atomic mass is 32.1. The Kier molecular flexibility index (Phi) is 6.23. The van der Waals surface area contributed by atoms with Gasteiger partial charge in [0.25, 0.3) is 0 Å². The second kappa shape index (κ2) is 9.20. The maximum absolute atomic E-state index is 8.79. The molecule has 0 amide bonds. The molecule has 1 fully saturated rings. The van der Waals surface area contributed by atoms with Gasteiger partial charge in [0.05, 0.1) is 16.8 Å². The van der Waals surface area contributed by atoms with Crippen molar-refractivity contribution in [2.75, 3.05) is 24.6 Å². The Morgan fingerprint density at radius 2 is 2.04 bits per heavy atom. The molecule has 1 aliphatic rings. The number of rotatable bonds is 5. The van der Waals surface area contributed by atoms with Gasteiger partial charge in [0, 0.05) is 37.7 Å². The highest BCUT2D eigenvalue weighted by Gasteiger charge is 2.22. The molecule has 0 spiro atoms. The van der Waals surface area contributed by atoms with Crippen molar-refractivity contribution >= 4 is 26.7 Å². The van der Waals surface area contributed by atoms with Crippen LogP contribution in [0.25, 0.3) is 10.2 Å². The molecule has 0 saturated carbocycles. The first-order chi connectivity index (χ1) is 13.8. The number of hydrogen-bond donors (Lipinski definition) is 2. The molecule has 144 valence electrons. The molecule has 4 nitrogen and oxygen atoms in total. The second-order valence-corrected chi connectivity index (χ2v) is 8.11. The van der Waals surface area contributed by atoms with Gasteiger partial charge in [-0.05, 0) is 42.7 Å². The van der Waals surface area contributed by atoms with Crippen molar-refractivity contribution < 1.29 is 5.11 Å². The zero-order chi connectivity index (χ0) is 19.2. The molecule has 1 aliphatic heterocycles. The number of piperidine rings is 1. The van der Waals surface area contributed by atoms with Gasteiger partial charge in [-0.2, -0.15) is 0 Å². The van der Waals surface area contributed by atoms with Crippen LogP contribution in [0.5, 0.6) is 0 Å². The molecule has 5 heteroatoms. The SMILES string of the molecule is OCCC#Cc1ccc(CNC2CCCN(c3nc4ccccc4s3)C2)cc1. The number of benzene rings is 2. The second-order valence-electron chi connectivity index (χ2n) is 7.10. The third-order valence-corrected chi connectivity index (χ3v) is 6.09. The lowest BCUT2D eigenvalue weighted by molar-refractivity contribution is 0.305. The summed E-state index contributed by atoms with van der Waals surface area (Å²) in [5, 5.41) is 13.6. The summed E-state index contributed by atoms with van der Waals surface area (Å²) in [6.45, 7) is 3.07. The maximum atomic E-state index is 8.79. The molecule has 2 heterocycles. The van der Waals surface area contributed by atoms with Crippen molar-refractivity contribution in [2.45, 2.75) is 31.8 Å². The lowest BCUT2D eigenvalue weighted by atomic mass is 10.1. The van der Waals surface area contributed by atoms with E-state index in [1.165, 1.54) is 23.1 Å². The summed E-state index contributed by atoms with van der Waals surface area (Å²) >= 11 is 1.79. The van der Waals surface area contributed by atoms with Crippen LogP contribution in [0.15, 0.2) is 48.5 Å². The highest BCUT2D eigenvalue weighted by Crippen LogP contribution is 2.30. The number of fused-ring (bicyclic) bond motifs is 1. The van der Waals surface area contributed by atoms with Crippen LogP contribution in [0, 0.1) is 11.8 Å². The van der Waals surface area contributed by atoms with Gasteiger partial charge in [-0.15, -0.1) is 0 Å². The van der Waals surface area contributed by atoms with Gasteiger partial charge >= 0.3 is 0 Å². The van der Waals surface area contributed by atoms with E-state index in [2.05, 4.69) is 70.6 Å². The average Bonchev–Trinajstić information content (AvgIpc) is 3.18. The van der Waals surface area contributed by atoms with E-state index in [0.29, 0.717) is 12.5 Å². The summed E-state index contributed by atoms with van der Waals surface area (Å²) in [5.74, 6) is 6.03. The number of aliphatic hydroxyl groups is 1. The van der Waals surface area contributed by atoms with Gasteiger partial charge in [-0.25, -0.2) is 4.98 Å². The van der Waals surface area contributed by atoms with Gasteiger partial charge in [0.1, 0.15) is 0 Å². The molecule has 0 aliphatic carbocycles. The van der Waals surface area contributed by atoms with E-state index in [9.17, 15) is 0 Å². The smallest absolute Gasteiger partial charge is 0.186 e. The molecule has 1 unspecified atom stereocenters. The summed E-state index contributed by atoms with van der Waals surface area (Å²) in [6, 6.07) is 17.2. The zero-order valence-corrected chi connectivity index (χ0v) is 16.7. The number of nitrogens with one attached hydrogen (secondary N) is 1. The highest BCUT2D eigenvalue weighted by molar-refractivity contribution is 7.22. The monoisotopic (exact) mass is 391 g/mol. The molecule has 0 bridgehead atoms. The molecule has 1 saturated heterocycles. The number of hydrogen-bond acceptors (Lipinski definition) is 5. The van der Waals surface area contributed by atoms with Crippen LogP contribution in [-0.4, -0.2) is 35.8 Å². The Morgan fingerprint density at radius 3 is 2.86 bits per heavy atom. The number of para-hydroxylation sites is 1. The number of aromatic nitrogens is 1. The summed E-state index contributed by atoms with van der Waals surface area (Å²) in [5.41, 5.74) is 3.36. The van der Waals surface area contributed by atoms with E-state index >= 15 is 0 Å². The molecule has 28 heavy (non-hydrogen) atoms. The van der Waals surface area contributed by atoms with E-state index in [1.807, 2.05) is 0 Å². The summed E-state index contributed by atoms with van der Waals surface area (Å²) < 4.78 is 1.26.